The molecule has 0 spiro atoms. The van der Waals surface area contributed by atoms with E-state index in [1.165, 1.54) is 0 Å². The molecule has 6 nitrogen and oxygen atoms in total. The van der Waals surface area contributed by atoms with E-state index in [4.69, 9.17) is 16.2 Å². The molecule has 25 heavy (non-hydrogen) atoms. The average molecular weight is 454 g/mol. The van der Waals surface area contributed by atoms with Crippen LogP contribution in [0.1, 0.15) is 16.7 Å². The fourth-order valence-corrected chi connectivity index (χ4v) is 2.30. The standard InChI is InChI=1S/C18H22N4O2.HI/c1-12-6-13(2)8-15(7-12)22-18(20)21-10-14-4-3-5-16(9-14)24-11-17(19)23;/h3-9H,10-11H2,1-2H3,(H2,19,23)(H3,20,21,22);1H. The number of aryl methyl sites for hydroxylation is 2. The molecule has 0 bridgehead atoms. The van der Waals surface area contributed by atoms with E-state index in [1.807, 2.05) is 38.1 Å². The van der Waals surface area contributed by atoms with Gasteiger partial charge in [0, 0.05) is 5.69 Å². The van der Waals surface area contributed by atoms with Gasteiger partial charge < -0.3 is 21.5 Å². The summed E-state index contributed by atoms with van der Waals surface area (Å²) in [5, 5.41) is 3.08. The highest BCUT2D eigenvalue weighted by Crippen LogP contribution is 2.15. The number of amides is 1. The fraction of sp³-hybridized carbons (Fsp3) is 0.222. The second-order valence-corrected chi connectivity index (χ2v) is 5.61. The summed E-state index contributed by atoms with van der Waals surface area (Å²) in [5.41, 5.74) is 15.1. The number of guanidine groups is 1. The Balaban J connectivity index is 0.00000312. The summed E-state index contributed by atoms with van der Waals surface area (Å²) in [6, 6.07) is 13.4. The third-order valence-corrected chi connectivity index (χ3v) is 3.21. The zero-order chi connectivity index (χ0) is 17.5. The van der Waals surface area contributed by atoms with Crippen LogP contribution in [0.5, 0.6) is 5.75 Å². The van der Waals surface area contributed by atoms with Crippen molar-refractivity contribution < 1.29 is 9.53 Å². The monoisotopic (exact) mass is 454 g/mol. The van der Waals surface area contributed by atoms with Gasteiger partial charge in [-0.15, -0.1) is 24.0 Å². The van der Waals surface area contributed by atoms with Crippen LogP contribution in [0.2, 0.25) is 0 Å². The Hall–Kier alpha value is -2.29. The first-order chi connectivity index (χ1) is 11.4. The van der Waals surface area contributed by atoms with E-state index in [2.05, 4.69) is 16.4 Å². The molecule has 0 saturated heterocycles. The van der Waals surface area contributed by atoms with E-state index in [0.717, 1.165) is 22.4 Å². The average Bonchev–Trinajstić information content (AvgIpc) is 2.50. The number of ether oxygens (including phenoxy) is 1. The second kappa shape index (κ2) is 9.87. The van der Waals surface area contributed by atoms with Gasteiger partial charge in [-0.1, -0.05) is 18.2 Å². The lowest BCUT2D eigenvalue weighted by Crippen LogP contribution is -2.22. The maximum absolute atomic E-state index is 10.7. The van der Waals surface area contributed by atoms with Crippen molar-refractivity contribution in [2.45, 2.75) is 20.4 Å². The van der Waals surface area contributed by atoms with E-state index >= 15 is 0 Å². The molecule has 7 heteroatoms. The van der Waals surface area contributed by atoms with E-state index in [-0.39, 0.29) is 30.6 Å². The molecular weight excluding hydrogens is 431 g/mol. The molecule has 134 valence electrons. The van der Waals surface area contributed by atoms with Gasteiger partial charge in [0.05, 0.1) is 6.54 Å². The molecule has 1 amide bonds. The minimum absolute atomic E-state index is 0. The lowest BCUT2D eigenvalue weighted by Gasteiger charge is -2.08. The molecule has 2 rings (SSSR count). The number of nitrogens with two attached hydrogens (primary N) is 2. The Labute approximate surface area is 164 Å². The number of rotatable bonds is 6. The van der Waals surface area contributed by atoms with Gasteiger partial charge in [0.15, 0.2) is 12.6 Å². The Kier molecular flexibility index (Phi) is 8.20. The molecule has 2 aromatic rings. The van der Waals surface area contributed by atoms with Gasteiger partial charge in [0.25, 0.3) is 5.91 Å². The second-order valence-electron chi connectivity index (χ2n) is 5.61. The Morgan fingerprint density at radius 1 is 1.12 bits per heavy atom. The summed E-state index contributed by atoms with van der Waals surface area (Å²) in [4.78, 5) is 15.1. The Bertz CT molecular complexity index is 742. The SMILES string of the molecule is Cc1cc(C)cc(NC(N)=NCc2cccc(OCC(N)=O)c2)c1.I. The van der Waals surface area contributed by atoms with E-state index < -0.39 is 5.91 Å². The lowest BCUT2D eigenvalue weighted by atomic mass is 10.1. The van der Waals surface area contributed by atoms with E-state index in [9.17, 15) is 4.79 Å². The number of aliphatic imine (C=N–C) groups is 1. The molecule has 5 N–H and O–H groups in total. The quantitative estimate of drug-likeness (QED) is 0.355. The van der Waals surface area contributed by atoms with Crippen molar-refractivity contribution in [3.05, 3.63) is 59.2 Å². The highest BCUT2D eigenvalue weighted by atomic mass is 127. The van der Waals surface area contributed by atoms with Crippen molar-refractivity contribution in [1.29, 1.82) is 0 Å². The third-order valence-electron chi connectivity index (χ3n) is 3.21. The van der Waals surface area contributed by atoms with Crippen LogP contribution in [0, 0.1) is 13.8 Å². The third kappa shape index (κ3) is 7.42. The van der Waals surface area contributed by atoms with Crippen molar-refractivity contribution in [2.75, 3.05) is 11.9 Å². The number of carbonyl (C=O) groups is 1. The van der Waals surface area contributed by atoms with Crippen LogP contribution < -0.4 is 21.5 Å². The van der Waals surface area contributed by atoms with Crippen LogP contribution in [0.15, 0.2) is 47.5 Å². The summed E-state index contributed by atoms with van der Waals surface area (Å²) in [5.74, 6) is 0.395. The molecule has 0 unspecified atom stereocenters. The first kappa shape index (κ1) is 20.8. The molecule has 0 radical (unpaired) electrons. The van der Waals surface area contributed by atoms with Crippen molar-refractivity contribution in [2.24, 2.45) is 16.5 Å². The van der Waals surface area contributed by atoms with Crippen LogP contribution in [0.3, 0.4) is 0 Å². The number of primary amides is 1. The lowest BCUT2D eigenvalue weighted by molar-refractivity contribution is -0.119. The van der Waals surface area contributed by atoms with Crippen LogP contribution >= 0.6 is 24.0 Å². The number of nitrogens with zero attached hydrogens (tertiary/aromatic N) is 1. The molecule has 0 aliphatic heterocycles. The minimum atomic E-state index is -0.514. The van der Waals surface area contributed by atoms with E-state index in [1.54, 1.807) is 12.1 Å². The molecule has 0 atom stereocenters. The number of anilines is 1. The van der Waals surface area contributed by atoms with Crippen LogP contribution in [0.4, 0.5) is 5.69 Å². The van der Waals surface area contributed by atoms with Crippen molar-refractivity contribution in [1.82, 2.24) is 0 Å². The number of benzene rings is 2. The highest BCUT2D eigenvalue weighted by Gasteiger charge is 2.01. The summed E-state index contributed by atoms with van der Waals surface area (Å²) >= 11 is 0. The number of carbonyl (C=O) groups excluding carboxylic acids is 1. The number of nitrogens with one attached hydrogen (secondary N) is 1. The Morgan fingerprint density at radius 2 is 1.80 bits per heavy atom. The van der Waals surface area contributed by atoms with Crippen LogP contribution in [0.25, 0.3) is 0 Å². The topological polar surface area (TPSA) is 103 Å². The van der Waals surface area contributed by atoms with Crippen LogP contribution in [-0.2, 0) is 11.3 Å². The van der Waals surface area contributed by atoms with Gasteiger partial charge in [0.2, 0.25) is 0 Å². The largest absolute Gasteiger partial charge is 0.484 e. The van der Waals surface area contributed by atoms with Crippen molar-refractivity contribution in [3.8, 4) is 5.75 Å². The maximum Gasteiger partial charge on any atom is 0.255 e. The summed E-state index contributed by atoms with van der Waals surface area (Å²) in [6.07, 6.45) is 0. The molecule has 2 aromatic carbocycles. The molecule has 0 saturated carbocycles. The smallest absolute Gasteiger partial charge is 0.255 e. The molecule has 0 heterocycles. The number of halogens is 1. The van der Waals surface area contributed by atoms with E-state index in [0.29, 0.717) is 18.3 Å². The van der Waals surface area contributed by atoms with Gasteiger partial charge in [-0.25, -0.2) is 4.99 Å². The first-order valence-corrected chi connectivity index (χ1v) is 7.57. The van der Waals surface area contributed by atoms with Gasteiger partial charge >= 0.3 is 0 Å². The van der Waals surface area contributed by atoms with Gasteiger partial charge in [-0.05, 0) is 54.8 Å². The molecule has 0 fully saturated rings. The molecule has 0 aliphatic rings. The zero-order valence-electron chi connectivity index (χ0n) is 14.3. The molecular formula is C18H23IN4O2. The fourth-order valence-electron chi connectivity index (χ4n) is 2.30. The zero-order valence-corrected chi connectivity index (χ0v) is 16.6. The Morgan fingerprint density at radius 3 is 2.44 bits per heavy atom. The normalized spacial score (nSPS) is 10.7. The van der Waals surface area contributed by atoms with Gasteiger partial charge in [-0.2, -0.15) is 0 Å². The maximum atomic E-state index is 10.7. The summed E-state index contributed by atoms with van der Waals surface area (Å²) < 4.78 is 5.27. The summed E-state index contributed by atoms with van der Waals surface area (Å²) in [6.45, 7) is 4.31. The number of hydrogen-bond donors (Lipinski definition) is 3. The molecule has 0 aromatic heterocycles. The highest BCUT2D eigenvalue weighted by molar-refractivity contribution is 14.0. The predicted octanol–water partition coefficient (Wildman–Crippen LogP) is 2.71. The number of hydrogen-bond acceptors (Lipinski definition) is 3. The van der Waals surface area contributed by atoms with Gasteiger partial charge in [0.1, 0.15) is 5.75 Å². The van der Waals surface area contributed by atoms with Gasteiger partial charge in [-0.3, -0.25) is 4.79 Å². The minimum Gasteiger partial charge on any atom is -0.484 e. The van der Waals surface area contributed by atoms with Crippen molar-refractivity contribution in [3.63, 3.8) is 0 Å². The van der Waals surface area contributed by atoms with Crippen molar-refractivity contribution >= 4 is 41.5 Å². The molecule has 0 aliphatic carbocycles. The van der Waals surface area contributed by atoms with Crippen LogP contribution in [-0.4, -0.2) is 18.5 Å². The predicted molar refractivity (Wildman–Crippen MR) is 111 cm³/mol. The summed E-state index contributed by atoms with van der Waals surface area (Å²) in [7, 11) is 0. The first-order valence-electron chi connectivity index (χ1n) is 7.57.